The van der Waals surface area contributed by atoms with Crippen molar-refractivity contribution in [3.8, 4) is 0 Å². The second-order valence-corrected chi connectivity index (χ2v) is 5.21. The summed E-state index contributed by atoms with van der Waals surface area (Å²) < 4.78 is 4.99. The molecular weight excluding hydrogens is 375 g/mol. The van der Waals surface area contributed by atoms with Gasteiger partial charge < -0.3 is 15.4 Å². The van der Waals surface area contributed by atoms with Crippen molar-refractivity contribution >= 4 is 41.3 Å². The smallest absolute Gasteiger partial charge is 0.190 e. The van der Waals surface area contributed by atoms with Crippen molar-refractivity contribution in [2.75, 3.05) is 33.9 Å². The van der Waals surface area contributed by atoms with Crippen molar-refractivity contribution in [1.29, 1.82) is 0 Å². The van der Waals surface area contributed by atoms with Gasteiger partial charge >= 0.3 is 0 Å². The number of thiazole rings is 1. The lowest BCUT2D eigenvalue weighted by molar-refractivity contribution is 0.195. The molecule has 2 N–H and O–H groups in total. The highest BCUT2D eigenvalue weighted by molar-refractivity contribution is 14.0. The Morgan fingerprint density at radius 3 is 2.74 bits per heavy atom. The van der Waals surface area contributed by atoms with E-state index in [0.29, 0.717) is 0 Å². The Balaban J connectivity index is 0.00000324. The van der Waals surface area contributed by atoms with Crippen LogP contribution in [0.4, 0.5) is 0 Å². The molecule has 0 aromatic carbocycles. The minimum Gasteiger partial charge on any atom is -0.385 e. The zero-order valence-corrected chi connectivity index (χ0v) is 14.9. The minimum absolute atomic E-state index is 0. The van der Waals surface area contributed by atoms with Crippen LogP contribution < -0.4 is 10.6 Å². The normalized spacial score (nSPS) is 11.0. The average molecular weight is 398 g/mol. The van der Waals surface area contributed by atoms with E-state index in [1.807, 2.05) is 6.20 Å². The quantitative estimate of drug-likeness (QED) is 0.319. The molecule has 0 aliphatic carbocycles. The summed E-state index contributed by atoms with van der Waals surface area (Å²) >= 11 is 1.74. The van der Waals surface area contributed by atoms with Crippen molar-refractivity contribution in [1.82, 2.24) is 15.6 Å². The molecule has 0 atom stereocenters. The van der Waals surface area contributed by atoms with Gasteiger partial charge in [0.05, 0.1) is 5.01 Å². The van der Waals surface area contributed by atoms with Crippen LogP contribution in [-0.4, -0.2) is 44.8 Å². The zero-order valence-electron chi connectivity index (χ0n) is 11.7. The van der Waals surface area contributed by atoms with Crippen molar-refractivity contribution in [2.45, 2.75) is 19.8 Å². The van der Waals surface area contributed by atoms with E-state index in [-0.39, 0.29) is 24.0 Å². The third-order valence-corrected chi connectivity index (χ3v) is 3.31. The van der Waals surface area contributed by atoms with E-state index in [2.05, 4.69) is 27.5 Å². The summed E-state index contributed by atoms with van der Waals surface area (Å²) in [7, 11) is 3.49. The van der Waals surface area contributed by atoms with E-state index in [0.717, 1.165) is 43.5 Å². The predicted octanol–water partition coefficient (Wildman–Crippen LogP) is 1.81. The minimum atomic E-state index is 0. The summed E-state index contributed by atoms with van der Waals surface area (Å²) in [6.07, 6.45) is 3.82. The van der Waals surface area contributed by atoms with Crippen LogP contribution in [0, 0.1) is 6.92 Å². The lowest BCUT2D eigenvalue weighted by atomic mass is 10.4. The number of aryl methyl sites for hydroxylation is 1. The van der Waals surface area contributed by atoms with Crippen LogP contribution in [0.1, 0.15) is 16.3 Å². The molecule has 0 spiro atoms. The highest BCUT2D eigenvalue weighted by Gasteiger charge is 2.00. The molecule has 19 heavy (non-hydrogen) atoms. The second-order valence-electron chi connectivity index (χ2n) is 3.89. The van der Waals surface area contributed by atoms with Crippen LogP contribution in [0.25, 0.3) is 0 Å². The molecule has 110 valence electrons. The van der Waals surface area contributed by atoms with Gasteiger partial charge in [0.2, 0.25) is 0 Å². The lowest BCUT2D eigenvalue weighted by Crippen LogP contribution is -2.38. The molecule has 0 saturated heterocycles. The Morgan fingerprint density at radius 2 is 2.16 bits per heavy atom. The number of aromatic nitrogens is 1. The van der Waals surface area contributed by atoms with Gasteiger partial charge in [-0.15, -0.1) is 35.3 Å². The molecule has 0 amide bonds. The summed E-state index contributed by atoms with van der Waals surface area (Å²) in [5.74, 6) is 0.833. The van der Waals surface area contributed by atoms with E-state index in [1.54, 1.807) is 25.5 Å². The maximum absolute atomic E-state index is 4.99. The van der Waals surface area contributed by atoms with E-state index in [1.165, 1.54) is 4.88 Å². The summed E-state index contributed by atoms with van der Waals surface area (Å²) in [6, 6.07) is 0. The van der Waals surface area contributed by atoms with Crippen molar-refractivity contribution in [3.05, 3.63) is 16.1 Å². The Bertz CT molecular complexity index is 370. The molecule has 0 bridgehead atoms. The number of methoxy groups -OCH3 is 1. The van der Waals surface area contributed by atoms with Gasteiger partial charge in [-0.2, -0.15) is 0 Å². The molecule has 1 rings (SSSR count). The van der Waals surface area contributed by atoms with Gasteiger partial charge in [-0.1, -0.05) is 0 Å². The van der Waals surface area contributed by atoms with Crippen molar-refractivity contribution in [3.63, 3.8) is 0 Å². The summed E-state index contributed by atoms with van der Waals surface area (Å²) in [6.45, 7) is 4.55. The summed E-state index contributed by atoms with van der Waals surface area (Å²) in [5, 5.41) is 7.67. The first-order valence-electron chi connectivity index (χ1n) is 6.11. The van der Waals surface area contributed by atoms with Crippen molar-refractivity contribution in [2.24, 2.45) is 4.99 Å². The number of ether oxygens (including phenoxy) is 1. The zero-order chi connectivity index (χ0) is 13.2. The maximum Gasteiger partial charge on any atom is 0.190 e. The van der Waals surface area contributed by atoms with Gasteiger partial charge in [-0.3, -0.25) is 4.99 Å². The molecule has 0 saturated carbocycles. The molecule has 5 nitrogen and oxygen atoms in total. The number of aliphatic imine (C=N–C) groups is 1. The fraction of sp³-hybridized carbons (Fsp3) is 0.667. The highest BCUT2D eigenvalue weighted by atomic mass is 127. The van der Waals surface area contributed by atoms with Crippen LogP contribution in [-0.2, 0) is 11.2 Å². The SMILES string of the molecule is CN=C(NCCCOC)NCCc1ncc(C)s1.I. The standard InChI is InChI=1S/C12H22N4OS.HI/c1-10-9-16-11(18-10)5-7-15-12(13-2)14-6-4-8-17-3;/h9H,4-8H2,1-3H3,(H2,13,14,15);1H. The van der Waals surface area contributed by atoms with Gasteiger partial charge in [0.15, 0.2) is 5.96 Å². The second kappa shape index (κ2) is 11.4. The Kier molecular flexibility index (Phi) is 11.2. The maximum atomic E-state index is 4.99. The van der Waals surface area contributed by atoms with Gasteiger partial charge in [0.1, 0.15) is 0 Å². The molecule has 1 heterocycles. The molecule has 0 aliphatic rings. The average Bonchev–Trinajstić information content (AvgIpc) is 2.78. The van der Waals surface area contributed by atoms with Gasteiger partial charge in [0, 0.05) is 51.3 Å². The molecule has 7 heteroatoms. The Hall–Kier alpha value is -0.410. The lowest BCUT2D eigenvalue weighted by Gasteiger charge is -2.10. The first-order chi connectivity index (χ1) is 8.76. The van der Waals surface area contributed by atoms with Gasteiger partial charge in [-0.25, -0.2) is 4.98 Å². The number of hydrogen-bond donors (Lipinski definition) is 2. The highest BCUT2D eigenvalue weighted by Crippen LogP contribution is 2.10. The number of nitrogens with zero attached hydrogens (tertiary/aromatic N) is 2. The van der Waals surface area contributed by atoms with E-state index in [9.17, 15) is 0 Å². The molecule has 0 aliphatic heterocycles. The van der Waals surface area contributed by atoms with Gasteiger partial charge in [-0.05, 0) is 13.3 Å². The van der Waals surface area contributed by atoms with Crippen LogP contribution in [0.15, 0.2) is 11.2 Å². The molecular formula is C12H23IN4OS. The Labute approximate surface area is 136 Å². The van der Waals surface area contributed by atoms with Crippen LogP contribution in [0.3, 0.4) is 0 Å². The third kappa shape index (κ3) is 8.38. The molecule has 1 aromatic rings. The fourth-order valence-corrected chi connectivity index (χ4v) is 2.24. The number of hydrogen-bond acceptors (Lipinski definition) is 4. The molecule has 0 radical (unpaired) electrons. The fourth-order valence-electron chi connectivity index (χ4n) is 1.45. The van der Waals surface area contributed by atoms with Gasteiger partial charge in [0.25, 0.3) is 0 Å². The predicted molar refractivity (Wildman–Crippen MR) is 91.8 cm³/mol. The van der Waals surface area contributed by atoms with Crippen LogP contribution >= 0.6 is 35.3 Å². The molecule has 0 unspecified atom stereocenters. The molecule has 1 aromatic heterocycles. The largest absolute Gasteiger partial charge is 0.385 e. The first kappa shape index (κ1) is 18.6. The first-order valence-corrected chi connectivity index (χ1v) is 6.92. The third-order valence-electron chi connectivity index (χ3n) is 2.34. The van der Waals surface area contributed by atoms with E-state index in [4.69, 9.17) is 4.74 Å². The number of nitrogens with one attached hydrogen (secondary N) is 2. The number of rotatable bonds is 7. The Morgan fingerprint density at radius 1 is 1.42 bits per heavy atom. The van der Waals surface area contributed by atoms with E-state index < -0.39 is 0 Å². The number of guanidine groups is 1. The van der Waals surface area contributed by atoms with E-state index >= 15 is 0 Å². The van der Waals surface area contributed by atoms with Crippen molar-refractivity contribution < 1.29 is 4.74 Å². The summed E-state index contributed by atoms with van der Waals surface area (Å²) in [4.78, 5) is 9.74. The van der Waals surface area contributed by atoms with Crippen LogP contribution in [0.5, 0.6) is 0 Å². The van der Waals surface area contributed by atoms with Crippen LogP contribution in [0.2, 0.25) is 0 Å². The molecule has 0 fully saturated rings. The topological polar surface area (TPSA) is 58.5 Å². The summed E-state index contributed by atoms with van der Waals surface area (Å²) in [5.41, 5.74) is 0. The monoisotopic (exact) mass is 398 g/mol. The number of halogens is 1.